The number of amides is 1. The Kier molecular flexibility index (Phi) is 7.78. The highest BCUT2D eigenvalue weighted by Gasteiger charge is 2.22. The van der Waals surface area contributed by atoms with E-state index in [1.807, 2.05) is 42.6 Å². The topological polar surface area (TPSA) is 73.9 Å². The molecule has 2 heterocycles. The van der Waals surface area contributed by atoms with Crippen LogP contribution >= 0.6 is 23.6 Å². The molecule has 1 aromatic heterocycles. The molecule has 0 saturated carbocycles. The van der Waals surface area contributed by atoms with Gasteiger partial charge in [-0.05, 0) is 48.6 Å². The number of hydrogen-bond donors (Lipinski definition) is 2. The van der Waals surface area contributed by atoms with Gasteiger partial charge in [0.05, 0.1) is 19.3 Å². The van der Waals surface area contributed by atoms with Crippen molar-refractivity contribution in [1.82, 2.24) is 9.80 Å². The second-order valence-electron chi connectivity index (χ2n) is 7.08. The molecular formula is C21H26N4O3S2. The molecule has 7 nitrogen and oxygen atoms in total. The first kappa shape index (κ1) is 22.2. The molecule has 0 aliphatic carbocycles. The van der Waals surface area contributed by atoms with Gasteiger partial charge < -0.3 is 20.3 Å². The van der Waals surface area contributed by atoms with Crippen LogP contribution < -0.4 is 10.6 Å². The maximum atomic E-state index is 12.3. The first-order chi connectivity index (χ1) is 14.5. The van der Waals surface area contributed by atoms with E-state index in [9.17, 15) is 9.59 Å². The standard InChI is InChI=1S/C21H26N4O3S2/c1-15-14-30-19(20(27)28-2)18(15)23-21(29)25-10-6-9-24(11-12-25)13-17(26)22-16-7-4-3-5-8-16/h3-5,7-8,14H,6,9-13H2,1-2H3,(H,22,26)(H,23,29). The predicted molar refractivity (Wildman–Crippen MR) is 124 cm³/mol. The Morgan fingerprint density at radius 2 is 1.90 bits per heavy atom. The summed E-state index contributed by atoms with van der Waals surface area (Å²) in [6.07, 6.45) is 0.896. The fourth-order valence-corrected chi connectivity index (χ4v) is 4.49. The summed E-state index contributed by atoms with van der Waals surface area (Å²) in [4.78, 5) is 29.1. The van der Waals surface area contributed by atoms with Gasteiger partial charge >= 0.3 is 5.97 Å². The van der Waals surface area contributed by atoms with Crippen molar-refractivity contribution < 1.29 is 14.3 Å². The number of carbonyl (C=O) groups is 2. The third kappa shape index (κ3) is 5.78. The van der Waals surface area contributed by atoms with E-state index in [1.165, 1.54) is 18.4 Å². The molecule has 0 spiro atoms. The van der Waals surface area contributed by atoms with Crippen molar-refractivity contribution in [3.8, 4) is 0 Å². The van der Waals surface area contributed by atoms with Crippen molar-refractivity contribution in [3.05, 3.63) is 46.2 Å². The van der Waals surface area contributed by atoms with E-state index >= 15 is 0 Å². The van der Waals surface area contributed by atoms with Gasteiger partial charge in [0, 0.05) is 31.9 Å². The number of anilines is 2. The van der Waals surface area contributed by atoms with E-state index in [4.69, 9.17) is 17.0 Å². The van der Waals surface area contributed by atoms with Gasteiger partial charge in [0.2, 0.25) is 5.91 Å². The number of hydrogen-bond acceptors (Lipinski definition) is 6. The minimum Gasteiger partial charge on any atom is -0.465 e. The van der Waals surface area contributed by atoms with Crippen molar-refractivity contribution in [3.63, 3.8) is 0 Å². The molecule has 0 atom stereocenters. The number of para-hydroxylation sites is 1. The molecule has 1 aliphatic rings. The monoisotopic (exact) mass is 446 g/mol. The Bertz CT molecular complexity index is 901. The van der Waals surface area contributed by atoms with Gasteiger partial charge in [-0.3, -0.25) is 9.69 Å². The third-order valence-corrected chi connectivity index (χ3v) is 6.32. The van der Waals surface area contributed by atoms with Crippen molar-refractivity contribution in [1.29, 1.82) is 0 Å². The Hall–Kier alpha value is -2.49. The number of thiocarbonyl (C=S) groups is 1. The van der Waals surface area contributed by atoms with Crippen molar-refractivity contribution in [2.24, 2.45) is 0 Å². The fraction of sp³-hybridized carbons (Fsp3) is 0.381. The van der Waals surface area contributed by atoms with Crippen LogP contribution in [0.2, 0.25) is 0 Å². The van der Waals surface area contributed by atoms with Gasteiger partial charge in [-0.25, -0.2) is 4.79 Å². The van der Waals surface area contributed by atoms with Crippen molar-refractivity contribution >= 4 is 51.9 Å². The minimum absolute atomic E-state index is 0.0213. The van der Waals surface area contributed by atoms with E-state index in [0.717, 1.165) is 37.3 Å². The molecular weight excluding hydrogens is 420 g/mol. The lowest BCUT2D eigenvalue weighted by molar-refractivity contribution is -0.117. The average molecular weight is 447 g/mol. The fourth-order valence-electron chi connectivity index (χ4n) is 3.29. The summed E-state index contributed by atoms with van der Waals surface area (Å²) in [6.45, 7) is 5.34. The number of nitrogens with one attached hydrogen (secondary N) is 2. The third-order valence-electron chi connectivity index (χ3n) is 4.88. The zero-order chi connectivity index (χ0) is 21.5. The van der Waals surface area contributed by atoms with Crippen LogP contribution in [0.1, 0.15) is 21.7 Å². The highest BCUT2D eigenvalue weighted by atomic mass is 32.1. The lowest BCUT2D eigenvalue weighted by Gasteiger charge is -2.25. The van der Waals surface area contributed by atoms with Crippen LogP contribution in [-0.2, 0) is 9.53 Å². The first-order valence-electron chi connectivity index (χ1n) is 9.77. The van der Waals surface area contributed by atoms with E-state index < -0.39 is 0 Å². The van der Waals surface area contributed by atoms with E-state index in [1.54, 1.807) is 0 Å². The van der Waals surface area contributed by atoms with Crippen molar-refractivity contribution in [2.75, 3.05) is 50.5 Å². The highest BCUT2D eigenvalue weighted by molar-refractivity contribution is 7.80. The molecule has 0 unspecified atom stereocenters. The molecule has 3 rings (SSSR count). The van der Waals surface area contributed by atoms with Crippen molar-refractivity contribution in [2.45, 2.75) is 13.3 Å². The zero-order valence-corrected chi connectivity index (χ0v) is 18.8. The van der Waals surface area contributed by atoms with Gasteiger partial charge in [0.25, 0.3) is 0 Å². The summed E-state index contributed by atoms with van der Waals surface area (Å²) in [5.74, 6) is -0.392. The van der Waals surface area contributed by atoms with Gasteiger partial charge in [-0.15, -0.1) is 11.3 Å². The van der Waals surface area contributed by atoms with Crippen LogP contribution in [0.5, 0.6) is 0 Å². The highest BCUT2D eigenvalue weighted by Crippen LogP contribution is 2.28. The Labute approximate surface area is 186 Å². The molecule has 9 heteroatoms. The number of thiophene rings is 1. The lowest BCUT2D eigenvalue weighted by Crippen LogP contribution is -2.39. The number of carbonyl (C=O) groups excluding carboxylic acids is 2. The van der Waals surface area contributed by atoms with Crippen LogP contribution in [0.25, 0.3) is 0 Å². The average Bonchev–Trinajstić information content (AvgIpc) is 2.95. The van der Waals surface area contributed by atoms with E-state index in [0.29, 0.717) is 28.8 Å². The Balaban J connectivity index is 1.54. The summed E-state index contributed by atoms with van der Waals surface area (Å²) in [6, 6.07) is 9.46. The van der Waals surface area contributed by atoms with Crippen LogP contribution in [-0.4, -0.2) is 66.6 Å². The smallest absolute Gasteiger partial charge is 0.350 e. The van der Waals surface area contributed by atoms with Gasteiger partial charge in [-0.2, -0.15) is 0 Å². The Morgan fingerprint density at radius 1 is 1.13 bits per heavy atom. The number of benzene rings is 1. The number of aryl methyl sites for hydroxylation is 1. The van der Waals surface area contributed by atoms with Gasteiger partial charge in [-0.1, -0.05) is 18.2 Å². The summed E-state index contributed by atoms with van der Waals surface area (Å²) < 4.78 is 4.86. The Morgan fingerprint density at radius 3 is 2.63 bits per heavy atom. The number of nitrogens with zero attached hydrogens (tertiary/aromatic N) is 2. The molecule has 1 fully saturated rings. The quantitative estimate of drug-likeness (QED) is 0.540. The molecule has 2 aromatic rings. The molecule has 1 aromatic carbocycles. The number of rotatable bonds is 5. The summed E-state index contributed by atoms with van der Waals surface area (Å²) in [7, 11) is 1.37. The lowest BCUT2D eigenvalue weighted by atomic mass is 10.2. The summed E-state index contributed by atoms with van der Waals surface area (Å²) >= 11 is 6.95. The normalized spacial score (nSPS) is 14.7. The first-order valence-corrected chi connectivity index (χ1v) is 11.1. The van der Waals surface area contributed by atoms with E-state index in [2.05, 4.69) is 20.4 Å². The molecule has 30 heavy (non-hydrogen) atoms. The molecule has 160 valence electrons. The maximum absolute atomic E-state index is 12.3. The number of ether oxygens (including phenoxy) is 1. The molecule has 0 radical (unpaired) electrons. The second kappa shape index (κ2) is 10.5. The minimum atomic E-state index is -0.370. The summed E-state index contributed by atoms with van der Waals surface area (Å²) in [5, 5.41) is 8.65. The SMILES string of the molecule is COC(=O)c1scc(C)c1NC(=S)N1CCCN(CC(=O)Nc2ccccc2)CC1. The zero-order valence-electron chi connectivity index (χ0n) is 17.1. The second-order valence-corrected chi connectivity index (χ2v) is 8.34. The number of esters is 1. The molecule has 0 bridgehead atoms. The van der Waals surface area contributed by atoms with Crippen LogP contribution in [0.4, 0.5) is 11.4 Å². The van der Waals surface area contributed by atoms with Gasteiger partial charge in [0.1, 0.15) is 4.88 Å². The molecule has 2 N–H and O–H groups in total. The van der Waals surface area contributed by atoms with E-state index in [-0.39, 0.29) is 11.9 Å². The number of methoxy groups -OCH3 is 1. The maximum Gasteiger partial charge on any atom is 0.350 e. The molecule has 1 aliphatic heterocycles. The van der Waals surface area contributed by atoms with Crippen LogP contribution in [0.15, 0.2) is 35.7 Å². The van der Waals surface area contributed by atoms with Crippen LogP contribution in [0.3, 0.4) is 0 Å². The summed E-state index contributed by atoms with van der Waals surface area (Å²) in [5.41, 5.74) is 2.47. The molecule has 1 amide bonds. The molecule has 1 saturated heterocycles. The predicted octanol–water partition coefficient (Wildman–Crippen LogP) is 3.19. The van der Waals surface area contributed by atoms with Gasteiger partial charge in [0.15, 0.2) is 5.11 Å². The largest absolute Gasteiger partial charge is 0.465 e. The van der Waals surface area contributed by atoms with Crippen LogP contribution in [0, 0.1) is 6.92 Å².